The van der Waals surface area contributed by atoms with Crippen molar-refractivity contribution in [2.24, 2.45) is 0 Å². The predicted octanol–water partition coefficient (Wildman–Crippen LogP) is 8.68. The summed E-state index contributed by atoms with van der Waals surface area (Å²) >= 11 is 18.2. The van der Waals surface area contributed by atoms with Gasteiger partial charge in [-0.25, -0.2) is 4.39 Å². The molecule has 0 unspecified atom stereocenters. The molecule has 0 bridgehead atoms. The van der Waals surface area contributed by atoms with Crippen molar-refractivity contribution in [2.75, 3.05) is 0 Å². The number of carbonyl (C=O) groups excluding carboxylic acids is 1. The van der Waals surface area contributed by atoms with Crippen molar-refractivity contribution in [3.05, 3.63) is 75.0 Å². The van der Waals surface area contributed by atoms with Gasteiger partial charge in [0.1, 0.15) is 0 Å². The molecule has 2 aromatic carbocycles. The molecule has 37 heavy (non-hydrogen) atoms. The molecule has 3 aromatic rings. The van der Waals surface area contributed by atoms with Crippen LogP contribution in [0.3, 0.4) is 0 Å². The largest absolute Gasteiger partial charge is 0.435 e. The quantitative estimate of drug-likeness (QED) is 0.298. The van der Waals surface area contributed by atoms with Crippen molar-refractivity contribution in [1.29, 1.82) is 0 Å². The number of aromatic nitrogens is 1. The van der Waals surface area contributed by atoms with Crippen molar-refractivity contribution in [3.8, 4) is 16.8 Å². The molecule has 1 fully saturated rings. The van der Waals surface area contributed by atoms with Gasteiger partial charge in [-0.05, 0) is 61.2 Å². The first-order valence-electron chi connectivity index (χ1n) is 10.6. The first-order valence-corrected chi connectivity index (χ1v) is 11.7. The average molecular weight is 588 g/mol. The van der Waals surface area contributed by atoms with E-state index in [1.165, 1.54) is 23.0 Å². The number of benzene rings is 2. The number of nitrogens with one attached hydrogen (secondary N) is 1. The van der Waals surface area contributed by atoms with E-state index in [-0.39, 0.29) is 39.9 Å². The number of hydrogen-bond donors (Lipinski definition) is 1. The predicted molar refractivity (Wildman–Crippen MR) is 126 cm³/mol. The summed E-state index contributed by atoms with van der Waals surface area (Å²) in [5, 5.41) is 1.83. The summed E-state index contributed by atoms with van der Waals surface area (Å²) < 4.78 is 94.6. The van der Waals surface area contributed by atoms with Crippen molar-refractivity contribution >= 4 is 40.7 Å². The van der Waals surface area contributed by atoms with Gasteiger partial charge in [0.05, 0.1) is 26.3 Å². The van der Waals surface area contributed by atoms with Crippen LogP contribution in [0.2, 0.25) is 15.1 Å². The first-order chi connectivity index (χ1) is 17.0. The van der Waals surface area contributed by atoms with Crippen LogP contribution in [0.4, 0.5) is 30.7 Å². The second-order valence-corrected chi connectivity index (χ2v) is 10.2. The highest BCUT2D eigenvalue weighted by atomic mass is 35.5. The molecule has 1 heterocycles. The van der Waals surface area contributed by atoms with Crippen molar-refractivity contribution < 1.29 is 35.5 Å². The SMILES string of the molecule is CC1(NC(=O)c2cc(-c3ccn(-c4c(Cl)cc(C(F)(C(F)(F)F)C(F)(F)F)cc4Cl)c3)ccc2Cl)CC1. The van der Waals surface area contributed by atoms with Crippen LogP contribution in [0.5, 0.6) is 0 Å². The normalized spacial score (nSPS) is 15.5. The summed E-state index contributed by atoms with van der Waals surface area (Å²) in [7, 11) is 0. The van der Waals surface area contributed by atoms with Gasteiger partial charge in [0.15, 0.2) is 0 Å². The summed E-state index contributed by atoms with van der Waals surface area (Å²) in [6.07, 6.45) is -8.09. The summed E-state index contributed by atoms with van der Waals surface area (Å²) in [5.41, 5.74) is -6.66. The summed E-state index contributed by atoms with van der Waals surface area (Å²) in [4.78, 5) is 12.6. The third kappa shape index (κ3) is 5.03. The Morgan fingerprint density at radius 1 is 0.865 bits per heavy atom. The number of amides is 1. The van der Waals surface area contributed by atoms with Crippen LogP contribution in [-0.4, -0.2) is 28.4 Å². The summed E-state index contributed by atoms with van der Waals surface area (Å²) in [6, 6.07) is 6.72. The van der Waals surface area contributed by atoms with Crippen molar-refractivity contribution in [2.45, 2.75) is 43.3 Å². The van der Waals surface area contributed by atoms with E-state index in [1.54, 1.807) is 18.2 Å². The molecule has 198 valence electrons. The zero-order valence-corrected chi connectivity index (χ0v) is 20.9. The van der Waals surface area contributed by atoms with Gasteiger partial charge in [0.25, 0.3) is 5.91 Å². The van der Waals surface area contributed by atoms with Crippen LogP contribution in [-0.2, 0) is 5.67 Å². The Kier molecular flexibility index (Phi) is 6.79. The second kappa shape index (κ2) is 9.10. The Morgan fingerprint density at radius 3 is 1.95 bits per heavy atom. The van der Waals surface area contributed by atoms with Gasteiger partial charge in [0, 0.05) is 23.5 Å². The highest BCUT2D eigenvalue weighted by Crippen LogP contribution is 2.54. The molecule has 0 saturated heterocycles. The second-order valence-electron chi connectivity index (χ2n) is 8.96. The fourth-order valence-corrected chi connectivity index (χ4v) is 4.62. The maximum absolute atomic E-state index is 14.5. The maximum Gasteiger partial charge on any atom is 0.435 e. The van der Waals surface area contributed by atoms with Crippen LogP contribution in [0.1, 0.15) is 35.7 Å². The number of nitrogens with zero attached hydrogens (tertiary/aromatic N) is 1. The average Bonchev–Trinajstić information content (AvgIpc) is 3.29. The number of hydrogen-bond acceptors (Lipinski definition) is 1. The standard InChI is InChI=1S/C24H16Cl3F7N2O/c1-21(5-6-21)35-20(37)15-8-12(2-3-16(15)25)13-4-7-36(11-13)19-17(26)9-14(10-18(19)27)22(28,23(29,30)31)24(32,33)34/h2-4,7-11H,5-6H2,1H3,(H,35,37). The monoisotopic (exact) mass is 586 g/mol. The Hall–Kier alpha value is -2.43. The van der Waals surface area contributed by atoms with Crippen molar-refractivity contribution in [3.63, 3.8) is 0 Å². The lowest BCUT2D eigenvalue weighted by Gasteiger charge is -2.30. The van der Waals surface area contributed by atoms with Gasteiger partial charge in [-0.1, -0.05) is 40.9 Å². The molecule has 1 aromatic heterocycles. The van der Waals surface area contributed by atoms with Gasteiger partial charge >= 0.3 is 18.0 Å². The molecule has 0 aliphatic heterocycles. The number of halogens is 10. The molecule has 4 rings (SSSR count). The number of alkyl halides is 7. The van der Waals surface area contributed by atoms with E-state index >= 15 is 0 Å². The lowest BCUT2D eigenvalue weighted by molar-refractivity contribution is -0.348. The summed E-state index contributed by atoms with van der Waals surface area (Å²) in [6.45, 7) is 1.90. The molecule has 1 aliphatic rings. The lowest BCUT2D eigenvalue weighted by atomic mass is 9.94. The van der Waals surface area contributed by atoms with Gasteiger partial charge in [0.2, 0.25) is 0 Å². The molecule has 0 atom stereocenters. The fraction of sp³-hybridized carbons (Fsp3) is 0.292. The Balaban J connectivity index is 1.71. The van der Waals surface area contributed by atoms with Crippen LogP contribution < -0.4 is 5.32 Å². The van der Waals surface area contributed by atoms with Crippen molar-refractivity contribution in [1.82, 2.24) is 9.88 Å². The van der Waals surface area contributed by atoms with Gasteiger partial charge in [-0.2, -0.15) is 26.3 Å². The van der Waals surface area contributed by atoms with Gasteiger partial charge in [-0.3, -0.25) is 4.79 Å². The molecule has 1 saturated carbocycles. The molecule has 3 nitrogen and oxygen atoms in total. The Labute approximate surface area is 221 Å². The van der Waals surface area contributed by atoms with Crippen LogP contribution in [0.15, 0.2) is 48.8 Å². The van der Waals surface area contributed by atoms with E-state index in [0.717, 1.165) is 12.8 Å². The molecule has 1 amide bonds. The van der Waals surface area contributed by atoms with E-state index in [1.807, 2.05) is 6.92 Å². The minimum atomic E-state index is -6.31. The number of rotatable bonds is 5. The van der Waals surface area contributed by atoms with Gasteiger partial charge in [-0.15, -0.1) is 0 Å². The molecule has 1 aliphatic carbocycles. The van der Waals surface area contributed by atoms with E-state index in [2.05, 4.69) is 5.32 Å². The Morgan fingerprint density at radius 2 is 1.43 bits per heavy atom. The van der Waals surface area contributed by atoms with Crippen LogP contribution in [0.25, 0.3) is 16.8 Å². The highest BCUT2D eigenvalue weighted by molar-refractivity contribution is 6.38. The zero-order valence-electron chi connectivity index (χ0n) is 18.7. The number of carbonyl (C=O) groups is 1. The van der Waals surface area contributed by atoms with E-state index in [0.29, 0.717) is 11.1 Å². The molecular weight excluding hydrogens is 572 g/mol. The minimum Gasteiger partial charge on any atom is -0.347 e. The fourth-order valence-electron chi connectivity index (χ4n) is 3.74. The van der Waals surface area contributed by atoms with E-state index < -0.39 is 33.6 Å². The third-order valence-corrected chi connectivity index (χ3v) is 7.01. The van der Waals surface area contributed by atoms with Crippen LogP contribution in [0, 0.1) is 0 Å². The molecule has 0 radical (unpaired) electrons. The molecule has 13 heteroatoms. The zero-order chi connectivity index (χ0) is 27.6. The minimum absolute atomic E-state index is 0.168. The molecule has 0 spiro atoms. The highest BCUT2D eigenvalue weighted by Gasteiger charge is 2.73. The maximum atomic E-state index is 14.5. The first kappa shape index (κ1) is 27.6. The van der Waals surface area contributed by atoms with E-state index in [9.17, 15) is 35.5 Å². The third-order valence-electron chi connectivity index (χ3n) is 6.11. The Bertz CT molecular complexity index is 1340. The summed E-state index contributed by atoms with van der Waals surface area (Å²) in [5.74, 6) is -0.364. The molecular formula is C24H16Cl3F7N2O. The molecule has 1 N–H and O–H groups in total. The van der Waals surface area contributed by atoms with Gasteiger partial charge < -0.3 is 9.88 Å². The van der Waals surface area contributed by atoms with Crippen LogP contribution >= 0.6 is 34.8 Å². The van der Waals surface area contributed by atoms with E-state index in [4.69, 9.17) is 34.8 Å². The topological polar surface area (TPSA) is 34.0 Å². The lowest BCUT2D eigenvalue weighted by Crippen LogP contribution is -2.50. The smallest absolute Gasteiger partial charge is 0.347 e.